The number of H-pyrrole nitrogens is 1. The van der Waals surface area contributed by atoms with Crippen molar-refractivity contribution in [3.63, 3.8) is 0 Å². The van der Waals surface area contributed by atoms with Gasteiger partial charge in [-0.2, -0.15) is 23.3 Å². The number of aromatic amines is 1. The number of carbonyl (C=O) groups excluding carboxylic acids is 1. The number of hydrogen-bond acceptors (Lipinski definition) is 5. The highest BCUT2D eigenvalue weighted by Gasteiger charge is 2.35. The number of ether oxygens (including phenoxy) is 1. The number of aromatic nitrogens is 2. The van der Waals surface area contributed by atoms with E-state index in [2.05, 4.69) is 15.2 Å². The zero-order valence-corrected chi connectivity index (χ0v) is 20.8. The van der Waals surface area contributed by atoms with Crippen LogP contribution in [0.5, 0.6) is 0 Å². The maximum Gasteiger partial charge on any atom is 0.416 e. The van der Waals surface area contributed by atoms with E-state index in [0.717, 1.165) is 29.8 Å². The van der Waals surface area contributed by atoms with Crippen LogP contribution in [0.15, 0.2) is 52.5 Å². The van der Waals surface area contributed by atoms with Crippen LogP contribution in [0.4, 0.5) is 13.2 Å². The molecule has 6 nitrogen and oxygen atoms in total. The molecule has 1 N–H and O–H groups in total. The number of piperidine rings is 1. The van der Waals surface area contributed by atoms with Crippen LogP contribution in [0.1, 0.15) is 29.5 Å². The van der Waals surface area contributed by atoms with Crippen molar-refractivity contribution in [1.29, 1.82) is 0 Å². The second-order valence-corrected chi connectivity index (χ2v) is 10.1. The Hall–Kier alpha value is -2.82. The third kappa shape index (κ3) is 5.02. The number of carbonyl (C=O) groups is 1. The van der Waals surface area contributed by atoms with Crippen LogP contribution in [0.3, 0.4) is 0 Å². The Labute approximate surface area is 214 Å². The highest BCUT2D eigenvalue weighted by molar-refractivity contribution is 8.18. The summed E-state index contributed by atoms with van der Waals surface area (Å²) in [5.41, 5.74) is 1.11. The van der Waals surface area contributed by atoms with Gasteiger partial charge in [0.15, 0.2) is 5.17 Å². The maximum atomic E-state index is 13.9. The van der Waals surface area contributed by atoms with Crippen molar-refractivity contribution in [2.75, 3.05) is 20.2 Å². The third-order valence-corrected chi connectivity index (χ3v) is 7.83. The van der Waals surface area contributed by atoms with Crippen LogP contribution in [0.2, 0.25) is 5.02 Å². The minimum absolute atomic E-state index is 0.00325. The van der Waals surface area contributed by atoms with Gasteiger partial charge >= 0.3 is 6.18 Å². The Kier molecular flexibility index (Phi) is 6.84. The number of hydrogen-bond donors (Lipinski definition) is 1. The number of thioether (sulfide) groups is 1. The minimum Gasteiger partial charge on any atom is -0.381 e. The third-order valence-electron chi connectivity index (χ3n) is 6.44. The van der Waals surface area contributed by atoms with Gasteiger partial charge in [-0.15, -0.1) is 0 Å². The number of aliphatic imine (C=N–C) groups is 1. The van der Waals surface area contributed by atoms with Crippen LogP contribution >= 0.6 is 23.4 Å². The molecule has 5 rings (SSSR count). The number of nitrogens with one attached hydrogen (secondary N) is 1. The van der Waals surface area contributed by atoms with E-state index in [9.17, 15) is 18.0 Å². The topological polar surface area (TPSA) is 70.6 Å². The van der Waals surface area contributed by atoms with Gasteiger partial charge in [0.2, 0.25) is 0 Å². The van der Waals surface area contributed by atoms with Gasteiger partial charge in [0.05, 0.1) is 28.3 Å². The summed E-state index contributed by atoms with van der Waals surface area (Å²) in [6.07, 6.45) is -1.28. The number of nitrogens with zero attached hydrogens (tertiary/aromatic N) is 3. The second kappa shape index (κ2) is 9.91. The number of benzene rings is 2. The van der Waals surface area contributed by atoms with Crippen molar-refractivity contribution >= 4 is 50.9 Å². The maximum absolute atomic E-state index is 13.9. The minimum atomic E-state index is -4.59. The molecule has 0 saturated carbocycles. The summed E-state index contributed by atoms with van der Waals surface area (Å²) in [5, 5.41) is 8.24. The lowest BCUT2D eigenvalue weighted by Gasteiger charge is -2.31. The summed E-state index contributed by atoms with van der Waals surface area (Å²) in [6.45, 7) is 1.38. The van der Waals surface area contributed by atoms with E-state index in [1.54, 1.807) is 25.4 Å². The molecule has 3 heterocycles. The van der Waals surface area contributed by atoms with Crippen molar-refractivity contribution in [2.24, 2.45) is 4.99 Å². The lowest BCUT2D eigenvalue weighted by Crippen LogP contribution is -2.38. The van der Waals surface area contributed by atoms with E-state index in [1.807, 2.05) is 11.0 Å². The van der Waals surface area contributed by atoms with Gasteiger partial charge in [-0.3, -0.25) is 9.89 Å². The van der Waals surface area contributed by atoms with Gasteiger partial charge in [-0.1, -0.05) is 23.7 Å². The molecule has 0 radical (unpaired) electrons. The summed E-state index contributed by atoms with van der Waals surface area (Å²) >= 11 is 7.11. The Morgan fingerprint density at radius 1 is 1.22 bits per heavy atom. The monoisotopic (exact) mass is 534 g/mol. The quantitative estimate of drug-likeness (QED) is 0.420. The van der Waals surface area contributed by atoms with Crippen molar-refractivity contribution in [2.45, 2.75) is 31.5 Å². The van der Waals surface area contributed by atoms with E-state index in [-0.39, 0.29) is 23.1 Å². The summed E-state index contributed by atoms with van der Waals surface area (Å²) in [5.74, 6) is -0.450. The number of halogens is 4. The lowest BCUT2D eigenvalue weighted by molar-refractivity contribution is -0.138. The largest absolute Gasteiger partial charge is 0.416 e. The summed E-state index contributed by atoms with van der Waals surface area (Å²) in [7, 11) is 1.68. The van der Waals surface area contributed by atoms with Gasteiger partial charge < -0.3 is 9.64 Å². The fourth-order valence-corrected chi connectivity index (χ4v) is 5.75. The van der Waals surface area contributed by atoms with Gasteiger partial charge in [-0.25, -0.2) is 0 Å². The van der Waals surface area contributed by atoms with E-state index < -0.39 is 17.6 Å². The molecule has 0 aliphatic carbocycles. The predicted octanol–water partition coefficient (Wildman–Crippen LogP) is 5.93. The number of amidine groups is 1. The molecule has 2 aromatic carbocycles. The van der Waals surface area contributed by atoms with Crippen LogP contribution in [0.25, 0.3) is 16.5 Å². The van der Waals surface area contributed by atoms with E-state index in [4.69, 9.17) is 16.3 Å². The number of amides is 1. The van der Waals surface area contributed by atoms with Gasteiger partial charge in [0, 0.05) is 30.6 Å². The molecule has 188 valence electrons. The molecule has 0 atom stereocenters. The fourth-order valence-electron chi connectivity index (χ4n) is 4.51. The van der Waals surface area contributed by atoms with Crippen molar-refractivity contribution < 1.29 is 22.7 Å². The van der Waals surface area contributed by atoms with E-state index in [0.29, 0.717) is 34.3 Å². The first kappa shape index (κ1) is 24.9. The zero-order chi connectivity index (χ0) is 25.4. The number of methoxy groups -OCH3 is 1. The Morgan fingerprint density at radius 3 is 2.72 bits per heavy atom. The normalized spacial score (nSPS) is 18.8. The number of allylic oxidation sites excluding steroid dienone is 1. The average molecular weight is 535 g/mol. The molecule has 3 aromatic rings. The smallest absolute Gasteiger partial charge is 0.381 e. The van der Waals surface area contributed by atoms with E-state index in [1.165, 1.54) is 23.9 Å². The predicted molar refractivity (Wildman–Crippen MR) is 135 cm³/mol. The molecule has 0 unspecified atom stereocenters. The average Bonchev–Trinajstić information content (AvgIpc) is 3.48. The van der Waals surface area contributed by atoms with Gasteiger partial charge in [0.1, 0.15) is 0 Å². The molecule has 0 bridgehead atoms. The number of likely N-dealkylation sites (tertiary alicyclic amines) is 1. The Bertz CT molecular complexity index is 1380. The first-order valence-electron chi connectivity index (χ1n) is 11.3. The molecule has 36 heavy (non-hydrogen) atoms. The van der Waals surface area contributed by atoms with Crippen LogP contribution in [-0.4, -0.2) is 52.5 Å². The SMILES string of the molecule is COC1CCN(C2=NC(=O)C(=C(Cc3ccc(Cl)cc3C(F)(F)F)c3ccc4[nH]ncc4c3)S2)CC1. The molecular weight excluding hydrogens is 513 g/mol. The molecule has 0 spiro atoms. The first-order chi connectivity index (χ1) is 17.2. The Morgan fingerprint density at radius 2 is 2.00 bits per heavy atom. The van der Waals surface area contributed by atoms with Crippen molar-refractivity contribution in [1.82, 2.24) is 15.1 Å². The number of alkyl halides is 3. The molecule has 2 aliphatic heterocycles. The Balaban J connectivity index is 1.55. The standard InChI is InChI=1S/C25H22ClF3N4O2S/c1-35-18-6-8-33(9-7-18)24-31-23(34)22(36-24)19(14-3-5-21-16(10-14)13-30-32-21)11-15-2-4-17(26)12-20(15)25(27,28)29/h2-5,10,12-13,18H,6-9,11H2,1H3,(H,30,32). The second-order valence-electron chi connectivity index (χ2n) is 8.68. The fraction of sp³-hybridized carbons (Fsp3) is 0.320. The van der Waals surface area contributed by atoms with E-state index >= 15 is 0 Å². The molecule has 1 saturated heterocycles. The zero-order valence-electron chi connectivity index (χ0n) is 19.2. The van der Waals surface area contributed by atoms with Gasteiger partial charge in [0.25, 0.3) is 5.91 Å². The number of rotatable bonds is 4. The molecule has 1 fully saturated rings. The molecule has 11 heteroatoms. The van der Waals surface area contributed by atoms with Crippen molar-refractivity contribution in [3.8, 4) is 0 Å². The van der Waals surface area contributed by atoms with Crippen LogP contribution in [-0.2, 0) is 22.1 Å². The molecule has 2 aliphatic rings. The highest BCUT2D eigenvalue weighted by atomic mass is 35.5. The van der Waals surface area contributed by atoms with Crippen LogP contribution < -0.4 is 0 Å². The summed E-state index contributed by atoms with van der Waals surface area (Å²) < 4.78 is 47.0. The van der Waals surface area contributed by atoms with Crippen molar-refractivity contribution in [3.05, 3.63) is 69.2 Å². The van der Waals surface area contributed by atoms with Gasteiger partial charge in [-0.05, 0) is 72.0 Å². The summed E-state index contributed by atoms with van der Waals surface area (Å²) in [6, 6.07) is 9.11. The molecular formula is C25H22ClF3N4O2S. The molecule has 1 amide bonds. The number of fused-ring (bicyclic) bond motifs is 1. The highest BCUT2D eigenvalue weighted by Crippen LogP contribution is 2.41. The van der Waals surface area contributed by atoms with Crippen LogP contribution in [0, 0.1) is 0 Å². The molecule has 1 aromatic heterocycles. The lowest BCUT2D eigenvalue weighted by atomic mass is 9.93. The first-order valence-corrected chi connectivity index (χ1v) is 12.5. The summed E-state index contributed by atoms with van der Waals surface area (Å²) in [4.78, 5) is 19.8.